The summed E-state index contributed by atoms with van der Waals surface area (Å²) in [5.41, 5.74) is 2.61. The van der Waals surface area contributed by atoms with Crippen molar-refractivity contribution in [2.24, 2.45) is 11.8 Å². The molecule has 0 amide bonds. The number of hydrogen-bond acceptors (Lipinski definition) is 3. The van der Waals surface area contributed by atoms with Crippen LogP contribution in [0.3, 0.4) is 0 Å². The molecule has 0 aromatic heterocycles. The molecule has 3 heteroatoms. The summed E-state index contributed by atoms with van der Waals surface area (Å²) in [4.78, 5) is 0. The third kappa shape index (κ3) is 3.52. The Bertz CT molecular complexity index is 465. The Morgan fingerprint density at radius 3 is 2.14 bits per heavy atom. The maximum atomic E-state index is 5.48. The van der Waals surface area contributed by atoms with Gasteiger partial charge in [0.25, 0.3) is 0 Å². The molecule has 0 aliphatic heterocycles. The molecule has 1 unspecified atom stereocenters. The van der Waals surface area contributed by atoms with Crippen LogP contribution in [0.4, 0.5) is 0 Å². The molecule has 0 radical (unpaired) electrons. The van der Waals surface area contributed by atoms with Crippen LogP contribution in [0.5, 0.6) is 11.5 Å². The van der Waals surface area contributed by atoms with Gasteiger partial charge in [0, 0.05) is 6.04 Å². The van der Waals surface area contributed by atoms with E-state index in [0.29, 0.717) is 12.0 Å². The molecular formula is C18H29NO2. The summed E-state index contributed by atoms with van der Waals surface area (Å²) in [6.07, 6.45) is 5.30. The van der Waals surface area contributed by atoms with Crippen LogP contribution >= 0.6 is 0 Å². The van der Waals surface area contributed by atoms with Crippen molar-refractivity contribution in [3.8, 4) is 11.5 Å². The highest BCUT2D eigenvalue weighted by Gasteiger charge is 2.28. The SMILES string of the molecule is CNC(c1cc(OC)c(OC)cc1C)C1CCC(C)CC1. The van der Waals surface area contributed by atoms with Crippen LogP contribution in [-0.4, -0.2) is 21.3 Å². The zero-order chi connectivity index (χ0) is 15.4. The molecule has 1 fully saturated rings. The average Bonchev–Trinajstić information content (AvgIpc) is 2.50. The summed E-state index contributed by atoms with van der Waals surface area (Å²) in [5, 5.41) is 3.54. The van der Waals surface area contributed by atoms with E-state index >= 15 is 0 Å². The minimum Gasteiger partial charge on any atom is -0.493 e. The van der Waals surface area contributed by atoms with Crippen LogP contribution in [-0.2, 0) is 0 Å². The summed E-state index contributed by atoms with van der Waals surface area (Å²) in [5.74, 6) is 3.22. The lowest BCUT2D eigenvalue weighted by atomic mass is 9.76. The maximum Gasteiger partial charge on any atom is 0.161 e. The smallest absolute Gasteiger partial charge is 0.161 e. The molecule has 1 aromatic rings. The van der Waals surface area contributed by atoms with Gasteiger partial charge in [0.2, 0.25) is 0 Å². The van der Waals surface area contributed by atoms with Gasteiger partial charge in [0.1, 0.15) is 0 Å². The quantitative estimate of drug-likeness (QED) is 0.886. The Hall–Kier alpha value is -1.22. The van der Waals surface area contributed by atoms with Crippen molar-refractivity contribution in [1.29, 1.82) is 0 Å². The molecule has 1 aromatic carbocycles. The largest absolute Gasteiger partial charge is 0.493 e. The van der Waals surface area contributed by atoms with E-state index in [9.17, 15) is 0 Å². The Labute approximate surface area is 129 Å². The summed E-state index contributed by atoms with van der Waals surface area (Å²) >= 11 is 0. The topological polar surface area (TPSA) is 30.5 Å². The number of aryl methyl sites for hydroxylation is 1. The normalized spacial score (nSPS) is 23.7. The van der Waals surface area contributed by atoms with E-state index in [1.165, 1.54) is 36.8 Å². The fraction of sp³-hybridized carbons (Fsp3) is 0.667. The van der Waals surface area contributed by atoms with Gasteiger partial charge in [-0.25, -0.2) is 0 Å². The molecule has 0 bridgehead atoms. The number of hydrogen-bond donors (Lipinski definition) is 1. The molecule has 1 saturated carbocycles. The first-order valence-electron chi connectivity index (χ1n) is 8.00. The van der Waals surface area contributed by atoms with E-state index < -0.39 is 0 Å². The van der Waals surface area contributed by atoms with Crippen molar-refractivity contribution >= 4 is 0 Å². The van der Waals surface area contributed by atoms with Crippen molar-refractivity contribution in [3.63, 3.8) is 0 Å². The van der Waals surface area contributed by atoms with Gasteiger partial charge in [-0.15, -0.1) is 0 Å². The molecule has 118 valence electrons. The zero-order valence-electron chi connectivity index (χ0n) is 14.0. The lowest BCUT2D eigenvalue weighted by molar-refractivity contribution is 0.237. The van der Waals surface area contributed by atoms with Crippen molar-refractivity contribution in [3.05, 3.63) is 23.3 Å². The highest BCUT2D eigenvalue weighted by molar-refractivity contribution is 5.48. The van der Waals surface area contributed by atoms with Crippen LogP contribution in [0.15, 0.2) is 12.1 Å². The second kappa shape index (κ2) is 7.17. The summed E-state index contributed by atoms with van der Waals surface area (Å²) in [6, 6.07) is 4.63. The minimum absolute atomic E-state index is 0.400. The highest BCUT2D eigenvalue weighted by atomic mass is 16.5. The van der Waals surface area contributed by atoms with Gasteiger partial charge >= 0.3 is 0 Å². The van der Waals surface area contributed by atoms with E-state index in [0.717, 1.165) is 17.4 Å². The van der Waals surface area contributed by atoms with Gasteiger partial charge in [0.15, 0.2) is 11.5 Å². The molecule has 1 aliphatic carbocycles. The molecule has 1 aliphatic rings. The van der Waals surface area contributed by atoms with E-state index in [2.05, 4.69) is 38.3 Å². The summed E-state index contributed by atoms with van der Waals surface area (Å²) in [7, 11) is 5.46. The molecule has 0 heterocycles. The highest BCUT2D eigenvalue weighted by Crippen LogP contribution is 2.40. The fourth-order valence-corrected chi connectivity index (χ4v) is 3.60. The van der Waals surface area contributed by atoms with Crippen LogP contribution in [0.25, 0.3) is 0 Å². The van der Waals surface area contributed by atoms with Gasteiger partial charge in [0.05, 0.1) is 14.2 Å². The van der Waals surface area contributed by atoms with Gasteiger partial charge in [-0.3, -0.25) is 0 Å². The predicted molar refractivity (Wildman–Crippen MR) is 87.2 cm³/mol. The standard InChI is InChI=1S/C18H29NO2/c1-12-6-8-14(9-7-12)18(19-3)15-11-17(21-5)16(20-4)10-13(15)2/h10-12,14,18-19H,6-9H2,1-5H3. The fourth-order valence-electron chi connectivity index (χ4n) is 3.60. The van der Waals surface area contributed by atoms with E-state index in [1.807, 2.05) is 0 Å². The first kappa shape index (κ1) is 16.2. The van der Waals surface area contributed by atoms with Crippen LogP contribution < -0.4 is 14.8 Å². The number of ether oxygens (including phenoxy) is 2. The second-order valence-corrected chi connectivity index (χ2v) is 6.35. The van der Waals surface area contributed by atoms with Crippen molar-refractivity contribution in [2.45, 2.75) is 45.6 Å². The van der Waals surface area contributed by atoms with Crippen LogP contribution in [0.2, 0.25) is 0 Å². The monoisotopic (exact) mass is 291 g/mol. The van der Waals surface area contributed by atoms with Gasteiger partial charge < -0.3 is 14.8 Å². The molecular weight excluding hydrogens is 262 g/mol. The second-order valence-electron chi connectivity index (χ2n) is 6.35. The first-order valence-corrected chi connectivity index (χ1v) is 8.00. The van der Waals surface area contributed by atoms with Gasteiger partial charge in [-0.1, -0.05) is 19.8 Å². The minimum atomic E-state index is 0.400. The van der Waals surface area contributed by atoms with E-state index in [1.54, 1.807) is 14.2 Å². The molecule has 3 nitrogen and oxygen atoms in total. The number of benzene rings is 1. The first-order chi connectivity index (χ1) is 10.1. The van der Waals surface area contributed by atoms with Crippen molar-refractivity contribution in [1.82, 2.24) is 5.32 Å². The Balaban J connectivity index is 2.29. The predicted octanol–water partition coefficient (Wildman–Crippen LogP) is 4.10. The molecule has 21 heavy (non-hydrogen) atoms. The molecule has 0 spiro atoms. The van der Waals surface area contributed by atoms with Crippen LogP contribution in [0, 0.1) is 18.8 Å². The van der Waals surface area contributed by atoms with Crippen LogP contribution in [0.1, 0.15) is 49.8 Å². The molecule has 2 rings (SSSR count). The lowest BCUT2D eigenvalue weighted by Crippen LogP contribution is -2.29. The molecule has 1 N–H and O–H groups in total. The maximum absolute atomic E-state index is 5.48. The number of methoxy groups -OCH3 is 2. The Kier molecular flexibility index (Phi) is 5.51. The van der Waals surface area contributed by atoms with Gasteiger partial charge in [-0.05, 0) is 61.9 Å². The summed E-state index contributed by atoms with van der Waals surface area (Å²) in [6.45, 7) is 4.53. The van der Waals surface area contributed by atoms with E-state index in [-0.39, 0.29) is 0 Å². The van der Waals surface area contributed by atoms with E-state index in [4.69, 9.17) is 9.47 Å². The van der Waals surface area contributed by atoms with Crippen molar-refractivity contribution < 1.29 is 9.47 Å². The lowest BCUT2D eigenvalue weighted by Gasteiger charge is -2.34. The number of nitrogens with one attached hydrogen (secondary N) is 1. The van der Waals surface area contributed by atoms with Gasteiger partial charge in [-0.2, -0.15) is 0 Å². The third-order valence-corrected chi connectivity index (χ3v) is 4.95. The van der Waals surface area contributed by atoms with Crippen molar-refractivity contribution in [2.75, 3.05) is 21.3 Å². The Morgan fingerprint density at radius 2 is 1.62 bits per heavy atom. The summed E-state index contributed by atoms with van der Waals surface area (Å²) < 4.78 is 10.9. The third-order valence-electron chi connectivity index (χ3n) is 4.95. The molecule has 1 atom stereocenters. The average molecular weight is 291 g/mol. The molecule has 0 saturated heterocycles. The zero-order valence-corrected chi connectivity index (χ0v) is 14.0. The number of rotatable bonds is 5. The Morgan fingerprint density at radius 1 is 1.05 bits per heavy atom.